The lowest BCUT2D eigenvalue weighted by Crippen LogP contribution is -2.45. The molecular formula is C15H22FN3O2. The number of rotatable bonds is 5. The molecular weight excluding hydrogens is 273 g/mol. The number of hydrogen-bond donors (Lipinski definition) is 1. The zero-order valence-corrected chi connectivity index (χ0v) is 12.5. The van der Waals surface area contributed by atoms with Gasteiger partial charge >= 0.3 is 0 Å². The Bertz CT molecular complexity index is 474. The van der Waals surface area contributed by atoms with Gasteiger partial charge in [0.25, 0.3) is 0 Å². The summed E-state index contributed by atoms with van der Waals surface area (Å²) in [7, 11) is 0. The fourth-order valence-electron chi connectivity index (χ4n) is 2.38. The first-order valence-corrected chi connectivity index (χ1v) is 7.34. The molecule has 0 radical (unpaired) electrons. The van der Waals surface area contributed by atoms with E-state index in [9.17, 15) is 9.18 Å². The highest BCUT2D eigenvalue weighted by atomic mass is 19.1. The Kier molecular flexibility index (Phi) is 5.50. The van der Waals surface area contributed by atoms with Gasteiger partial charge in [0.15, 0.2) is 0 Å². The number of halogens is 1. The van der Waals surface area contributed by atoms with Gasteiger partial charge in [-0.15, -0.1) is 0 Å². The molecule has 0 aliphatic carbocycles. The molecule has 1 aromatic rings. The normalized spacial score (nSPS) is 17.0. The van der Waals surface area contributed by atoms with Crippen LogP contribution in [0.2, 0.25) is 0 Å². The number of nitrogens with zero attached hydrogens (tertiary/aromatic N) is 2. The second kappa shape index (κ2) is 7.36. The molecule has 0 atom stereocenters. The molecule has 0 bridgehead atoms. The van der Waals surface area contributed by atoms with Crippen LogP contribution < -0.4 is 10.1 Å². The van der Waals surface area contributed by atoms with Gasteiger partial charge < -0.3 is 10.1 Å². The summed E-state index contributed by atoms with van der Waals surface area (Å²) in [6.07, 6.45) is 1.66. The molecule has 2 rings (SSSR count). The molecule has 1 amide bonds. The first kappa shape index (κ1) is 15.7. The van der Waals surface area contributed by atoms with E-state index in [-0.39, 0.29) is 18.1 Å². The summed E-state index contributed by atoms with van der Waals surface area (Å²) >= 11 is 0. The van der Waals surface area contributed by atoms with Crippen LogP contribution in [-0.2, 0) is 4.79 Å². The number of carbonyl (C=O) groups excluding carboxylic acids is 1. The van der Waals surface area contributed by atoms with E-state index in [1.165, 1.54) is 6.07 Å². The third-order valence-corrected chi connectivity index (χ3v) is 3.33. The number of likely N-dealkylation sites (tertiary alicyclic amines) is 1. The van der Waals surface area contributed by atoms with E-state index in [1.54, 1.807) is 12.1 Å². The quantitative estimate of drug-likeness (QED) is 0.838. The predicted octanol–water partition coefficient (Wildman–Crippen LogP) is 1.59. The Morgan fingerprint density at radius 3 is 2.81 bits per heavy atom. The van der Waals surface area contributed by atoms with E-state index < -0.39 is 5.95 Å². The monoisotopic (exact) mass is 295 g/mol. The molecule has 1 aromatic heterocycles. The van der Waals surface area contributed by atoms with E-state index >= 15 is 0 Å². The fourth-order valence-corrected chi connectivity index (χ4v) is 2.38. The molecule has 0 saturated carbocycles. The van der Waals surface area contributed by atoms with E-state index in [4.69, 9.17) is 4.74 Å². The van der Waals surface area contributed by atoms with Gasteiger partial charge in [-0.25, -0.2) is 0 Å². The Morgan fingerprint density at radius 2 is 2.19 bits per heavy atom. The van der Waals surface area contributed by atoms with E-state index in [1.807, 2.05) is 13.8 Å². The minimum Gasteiger partial charge on any atom is -0.474 e. The molecule has 0 spiro atoms. The maximum Gasteiger partial charge on any atom is 0.234 e. The molecule has 116 valence electrons. The van der Waals surface area contributed by atoms with Crippen molar-refractivity contribution in [3.05, 3.63) is 24.1 Å². The van der Waals surface area contributed by atoms with Crippen LogP contribution in [-0.4, -0.2) is 47.6 Å². The van der Waals surface area contributed by atoms with Crippen LogP contribution in [0.15, 0.2) is 18.2 Å². The third kappa shape index (κ3) is 5.30. The average molecular weight is 295 g/mol. The molecule has 0 aromatic carbocycles. The second-order valence-electron chi connectivity index (χ2n) is 5.61. The zero-order valence-electron chi connectivity index (χ0n) is 12.5. The summed E-state index contributed by atoms with van der Waals surface area (Å²) < 4.78 is 18.7. The molecule has 1 aliphatic rings. The van der Waals surface area contributed by atoms with Crippen molar-refractivity contribution in [3.8, 4) is 5.88 Å². The number of ether oxygens (including phenoxy) is 1. The van der Waals surface area contributed by atoms with Crippen molar-refractivity contribution in [3.63, 3.8) is 0 Å². The van der Waals surface area contributed by atoms with Gasteiger partial charge in [0, 0.05) is 25.2 Å². The maximum absolute atomic E-state index is 13.0. The van der Waals surface area contributed by atoms with Crippen molar-refractivity contribution in [1.82, 2.24) is 15.2 Å². The van der Waals surface area contributed by atoms with Gasteiger partial charge in [-0.2, -0.15) is 9.37 Å². The van der Waals surface area contributed by atoms with Gasteiger partial charge in [0.2, 0.25) is 17.7 Å². The van der Waals surface area contributed by atoms with Crippen LogP contribution in [0, 0.1) is 5.95 Å². The zero-order chi connectivity index (χ0) is 15.2. The van der Waals surface area contributed by atoms with Crippen LogP contribution in [0.1, 0.15) is 26.7 Å². The highest BCUT2D eigenvalue weighted by molar-refractivity contribution is 5.78. The number of piperidine rings is 1. The number of carbonyl (C=O) groups is 1. The average Bonchev–Trinajstić information content (AvgIpc) is 2.40. The number of pyridine rings is 1. The molecule has 2 heterocycles. The maximum atomic E-state index is 13.0. The molecule has 0 unspecified atom stereocenters. The molecule has 1 aliphatic heterocycles. The minimum atomic E-state index is -0.532. The standard InChI is InChI=1S/C15H22FN3O2/c1-11(2)17-14(20)10-19-8-6-12(7-9-19)21-15-5-3-4-13(16)18-15/h3-5,11-12H,6-10H2,1-2H3,(H,17,20). The number of nitrogens with one attached hydrogen (secondary N) is 1. The molecule has 1 N–H and O–H groups in total. The van der Waals surface area contributed by atoms with Crippen molar-refractivity contribution >= 4 is 5.91 Å². The molecule has 21 heavy (non-hydrogen) atoms. The highest BCUT2D eigenvalue weighted by Crippen LogP contribution is 2.17. The first-order chi connectivity index (χ1) is 10.0. The van der Waals surface area contributed by atoms with Gasteiger partial charge in [0.05, 0.1) is 6.54 Å². The summed E-state index contributed by atoms with van der Waals surface area (Å²) in [6, 6.07) is 4.70. The number of aromatic nitrogens is 1. The van der Waals surface area contributed by atoms with Crippen molar-refractivity contribution in [1.29, 1.82) is 0 Å². The lowest BCUT2D eigenvalue weighted by Gasteiger charge is -2.31. The smallest absolute Gasteiger partial charge is 0.234 e. The third-order valence-electron chi connectivity index (χ3n) is 3.33. The first-order valence-electron chi connectivity index (χ1n) is 7.34. The van der Waals surface area contributed by atoms with Gasteiger partial charge in [-0.3, -0.25) is 9.69 Å². The van der Waals surface area contributed by atoms with E-state index in [0.29, 0.717) is 12.4 Å². The Labute approximate surface area is 124 Å². The lowest BCUT2D eigenvalue weighted by molar-refractivity contribution is -0.123. The Morgan fingerprint density at radius 1 is 1.48 bits per heavy atom. The largest absolute Gasteiger partial charge is 0.474 e. The SMILES string of the molecule is CC(C)NC(=O)CN1CCC(Oc2cccc(F)n2)CC1. The van der Waals surface area contributed by atoms with Crippen molar-refractivity contribution < 1.29 is 13.9 Å². The number of hydrogen-bond acceptors (Lipinski definition) is 4. The lowest BCUT2D eigenvalue weighted by atomic mass is 10.1. The van der Waals surface area contributed by atoms with Crippen molar-refractivity contribution in [2.24, 2.45) is 0 Å². The molecule has 5 nitrogen and oxygen atoms in total. The second-order valence-corrected chi connectivity index (χ2v) is 5.61. The van der Waals surface area contributed by atoms with Gasteiger partial charge in [-0.05, 0) is 32.8 Å². The van der Waals surface area contributed by atoms with Crippen LogP contribution in [0.5, 0.6) is 5.88 Å². The van der Waals surface area contributed by atoms with Gasteiger partial charge in [0.1, 0.15) is 6.10 Å². The predicted molar refractivity (Wildman–Crippen MR) is 77.6 cm³/mol. The summed E-state index contributed by atoms with van der Waals surface area (Å²) in [6.45, 7) is 5.91. The highest BCUT2D eigenvalue weighted by Gasteiger charge is 2.22. The topological polar surface area (TPSA) is 54.5 Å². The van der Waals surface area contributed by atoms with Gasteiger partial charge in [-0.1, -0.05) is 6.07 Å². The van der Waals surface area contributed by atoms with Crippen LogP contribution in [0.25, 0.3) is 0 Å². The molecule has 6 heteroatoms. The van der Waals surface area contributed by atoms with E-state index in [2.05, 4.69) is 15.2 Å². The van der Waals surface area contributed by atoms with Crippen molar-refractivity contribution in [2.45, 2.75) is 38.8 Å². The van der Waals surface area contributed by atoms with Crippen LogP contribution in [0.3, 0.4) is 0 Å². The van der Waals surface area contributed by atoms with E-state index in [0.717, 1.165) is 25.9 Å². The Hall–Kier alpha value is -1.69. The summed E-state index contributed by atoms with van der Waals surface area (Å²) in [5.74, 6) is -0.155. The molecule has 1 saturated heterocycles. The molecule has 1 fully saturated rings. The fraction of sp³-hybridized carbons (Fsp3) is 0.600. The number of amides is 1. The van der Waals surface area contributed by atoms with Crippen LogP contribution in [0.4, 0.5) is 4.39 Å². The summed E-state index contributed by atoms with van der Waals surface area (Å²) in [5, 5.41) is 2.88. The Balaban J connectivity index is 1.74. The summed E-state index contributed by atoms with van der Waals surface area (Å²) in [5.41, 5.74) is 0. The minimum absolute atomic E-state index is 0.0312. The summed E-state index contributed by atoms with van der Waals surface area (Å²) in [4.78, 5) is 17.5. The van der Waals surface area contributed by atoms with Crippen molar-refractivity contribution in [2.75, 3.05) is 19.6 Å². The van der Waals surface area contributed by atoms with Crippen LogP contribution >= 0.6 is 0 Å².